The van der Waals surface area contributed by atoms with Gasteiger partial charge in [-0.3, -0.25) is 4.79 Å². The molecule has 8 heteroatoms. The first kappa shape index (κ1) is 11.3. The van der Waals surface area contributed by atoms with Crippen molar-refractivity contribution in [2.75, 3.05) is 13.2 Å². The van der Waals surface area contributed by atoms with Crippen molar-refractivity contribution in [3.8, 4) is 0 Å². The molecule has 2 aromatic rings. The minimum Gasteiger partial charge on any atom is -0.394 e. The Morgan fingerprint density at radius 2 is 2.39 bits per heavy atom. The highest BCUT2D eigenvalue weighted by Crippen LogP contribution is 2.26. The van der Waals surface area contributed by atoms with E-state index in [0.29, 0.717) is 5.65 Å². The van der Waals surface area contributed by atoms with Crippen LogP contribution in [0.4, 0.5) is 0 Å². The average molecular weight is 252 g/mol. The quantitative estimate of drug-likeness (QED) is 0.594. The SMILES string of the molecule is O=c1[nH]cnc2c1ncn2C1COC(CO)C1O. The van der Waals surface area contributed by atoms with Crippen LogP contribution in [0.3, 0.4) is 0 Å². The van der Waals surface area contributed by atoms with Crippen molar-refractivity contribution < 1.29 is 14.9 Å². The van der Waals surface area contributed by atoms with Crippen LogP contribution in [0.1, 0.15) is 6.04 Å². The lowest BCUT2D eigenvalue weighted by Gasteiger charge is -2.16. The van der Waals surface area contributed by atoms with E-state index in [9.17, 15) is 9.90 Å². The number of aliphatic hydroxyl groups excluding tert-OH is 2. The average Bonchev–Trinajstić information content (AvgIpc) is 2.93. The molecule has 3 atom stereocenters. The highest BCUT2D eigenvalue weighted by Gasteiger charge is 2.37. The summed E-state index contributed by atoms with van der Waals surface area (Å²) in [5.74, 6) is 0. The normalized spacial score (nSPS) is 28.0. The van der Waals surface area contributed by atoms with E-state index in [1.165, 1.54) is 12.7 Å². The number of fused-ring (bicyclic) bond motifs is 1. The number of ether oxygens (including phenoxy) is 1. The van der Waals surface area contributed by atoms with Gasteiger partial charge >= 0.3 is 0 Å². The highest BCUT2D eigenvalue weighted by molar-refractivity contribution is 5.68. The minimum atomic E-state index is -0.853. The lowest BCUT2D eigenvalue weighted by atomic mass is 10.1. The van der Waals surface area contributed by atoms with Crippen molar-refractivity contribution in [3.63, 3.8) is 0 Å². The Hall–Kier alpha value is -1.77. The van der Waals surface area contributed by atoms with E-state index in [0.717, 1.165) is 0 Å². The second-order valence-electron chi connectivity index (χ2n) is 4.17. The van der Waals surface area contributed by atoms with Crippen LogP contribution in [-0.2, 0) is 4.74 Å². The summed E-state index contributed by atoms with van der Waals surface area (Å²) in [7, 11) is 0. The van der Waals surface area contributed by atoms with E-state index in [4.69, 9.17) is 9.84 Å². The minimum absolute atomic E-state index is 0.220. The van der Waals surface area contributed by atoms with E-state index in [1.807, 2.05) is 0 Å². The van der Waals surface area contributed by atoms with Crippen molar-refractivity contribution in [3.05, 3.63) is 23.0 Å². The molecule has 96 valence electrons. The molecule has 0 aromatic carbocycles. The summed E-state index contributed by atoms with van der Waals surface area (Å²) in [5, 5.41) is 19.0. The summed E-state index contributed by atoms with van der Waals surface area (Å²) in [4.78, 5) is 22.0. The Labute approximate surface area is 101 Å². The smallest absolute Gasteiger partial charge is 0.278 e. The Bertz CT molecular complexity index is 622. The van der Waals surface area contributed by atoms with Crippen LogP contribution in [-0.4, -0.2) is 55.2 Å². The van der Waals surface area contributed by atoms with E-state index in [-0.39, 0.29) is 24.3 Å². The summed E-state index contributed by atoms with van der Waals surface area (Å²) >= 11 is 0. The number of rotatable bonds is 2. The molecule has 18 heavy (non-hydrogen) atoms. The molecule has 0 spiro atoms. The molecule has 1 saturated heterocycles. The van der Waals surface area contributed by atoms with Gasteiger partial charge in [0.1, 0.15) is 12.2 Å². The number of aromatic nitrogens is 4. The number of imidazole rings is 1. The summed E-state index contributed by atoms with van der Waals surface area (Å²) in [5.41, 5.74) is 0.285. The number of aliphatic hydroxyl groups is 2. The lowest BCUT2D eigenvalue weighted by molar-refractivity contribution is 0.00206. The Balaban J connectivity index is 2.06. The maximum Gasteiger partial charge on any atom is 0.278 e. The highest BCUT2D eigenvalue weighted by atomic mass is 16.5. The van der Waals surface area contributed by atoms with Crippen molar-refractivity contribution in [2.45, 2.75) is 18.2 Å². The van der Waals surface area contributed by atoms with Gasteiger partial charge in [-0.1, -0.05) is 0 Å². The van der Waals surface area contributed by atoms with Crippen molar-refractivity contribution in [2.24, 2.45) is 0 Å². The molecule has 0 aliphatic carbocycles. The molecule has 1 aliphatic rings. The van der Waals surface area contributed by atoms with Gasteiger partial charge in [0.25, 0.3) is 5.56 Å². The molecule has 3 heterocycles. The van der Waals surface area contributed by atoms with Gasteiger partial charge in [0.15, 0.2) is 11.2 Å². The number of nitrogens with zero attached hydrogens (tertiary/aromatic N) is 3. The molecule has 0 amide bonds. The molecular weight excluding hydrogens is 240 g/mol. The molecule has 3 unspecified atom stereocenters. The standard InChI is InChI=1S/C10H12N4O4/c15-1-6-8(16)5(2-18-6)14-4-13-7-9(14)11-3-12-10(7)17/h3-6,8,15-16H,1-2H2,(H,11,12,17). The first-order valence-corrected chi connectivity index (χ1v) is 5.53. The van der Waals surface area contributed by atoms with Crippen molar-refractivity contribution in [1.82, 2.24) is 19.5 Å². The van der Waals surface area contributed by atoms with E-state index in [2.05, 4.69) is 15.0 Å². The largest absolute Gasteiger partial charge is 0.394 e. The summed E-state index contributed by atoms with van der Waals surface area (Å²) in [6.45, 7) is -0.00929. The Kier molecular flexibility index (Phi) is 2.62. The topological polar surface area (TPSA) is 113 Å². The number of aromatic amines is 1. The van der Waals surface area contributed by atoms with Crippen LogP contribution in [0.2, 0.25) is 0 Å². The second-order valence-corrected chi connectivity index (χ2v) is 4.17. The molecule has 1 aliphatic heterocycles. The lowest BCUT2D eigenvalue weighted by Crippen LogP contribution is -2.30. The molecule has 2 aromatic heterocycles. The van der Waals surface area contributed by atoms with Crippen LogP contribution in [0.5, 0.6) is 0 Å². The van der Waals surface area contributed by atoms with E-state index in [1.54, 1.807) is 4.57 Å². The number of hydrogen-bond donors (Lipinski definition) is 3. The molecular formula is C10H12N4O4. The van der Waals surface area contributed by atoms with Crippen molar-refractivity contribution in [1.29, 1.82) is 0 Å². The second kappa shape index (κ2) is 4.16. The monoisotopic (exact) mass is 252 g/mol. The number of hydrogen-bond acceptors (Lipinski definition) is 6. The Morgan fingerprint density at radius 1 is 1.56 bits per heavy atom. The van der Waals surface area contributed by atoms with Gasteiger partial charge in [-0.05, 0) is 0 Å². The van der Waals surface area contributed by atoms with E-state index < -0.39 is 18.2 Å². The van der Waals surface area contributed by atoms with Crippen LogP contribution in [0.15, 0.2) is 17.4 Å². The molecule has 8 nitrogen and oxygen atoms in total. The predicted molar refractivity (Wildman–Crippen MR) is 60.0 cm³/mol. The van der Waals surface area contributed by atoms with Crippen LogP contribution >= 0.6 is 0 Å². The first-order valence-electron chi connectivity index (χ1n) is 5.53. The van der Waals surface area contributed by atoms with E-state index >= 15 is 0 Å². The van der Waals surface area contributed by atoms with Gasteiger partial charge in [0.2, 0.25) is 0 Å². The fourth-order valence-corrected chi connectivity index (χ4v) is 2.18. The van der Waals surface area contributed by atoms with Crippen LogP contribution in [0, 0.1) is 0 Å². The summed E-state index contributed by atoms with van der Waals surface area (Å²) < 4.78 is 6.87. The third kappa shape index (κ3) is 1.54. The van der Waals surface area contributed by atoms with Gasteiger partial charge in [-0.25, -0.2) is 9.97 Å². The van der Waals surface area contributed by atoms with Crippen LogP contribution < -0.4 is 5.56 Å². The fraction of sp³-hybridized carbons (Fsp3) is 0.500. The molecule has 0 saturated carbocycles. The van der Waals surface area contributed by atoms with Gasteiger partial charge < -0.3 is 24.5 Å². The first-order chi connectivity index (χ1) is 8.72. The summed E-state index contributed by atoms with van der Waals surface area (Å²) in [6, 6.07) is -0.401. The van der Waals surface area contributed by atoms with Gasteiger partial charge in [0.05, 0.1) is 31.9 Å². The zero-order chi connectivity index (χ0) is 12.7. The van der Waals surface area contributed by atoms with Gasteiger partial charge in [-0.15, -0.1) is 0 Å². The van der Waals surface area contributed by atoms with Crippen molar-refractivity contribution >= 4 is 11.2 Å². The molecule has 3 rings (SSSR count). The third-order valence-corrected chi connectivity index (χ3v) is 3.16. The molecule has 3 N–H and O–H groups in total. The molecule has 0 radical (unpaired) electrons. The van der Waals surface area contributed by atoms with Gasteiger partial charge in [0, 0.05) is 0 Å². The third-order valence-electron chi connectivity index (χ3n) is 3.16. The number of H-pyrrole nitrogens is 1. The fourth-order valence-electron chi connectivity index (χ4n) is 2.18. The summed E-state index contributed by atoms with van der Waals surface area (Å²) in [6.07, 6.45) is 1.27. The zero-order valence-corrected chi connectivity index (χ0v) is 9.35. The van der Waals surface area contributed by atoms with Gasteiger partial charge in [-0.2, -0.15) is 0 Å². The van der Waals surface area contributed by atoms with Crippen LogP contribution in [0.25, 0.3) is 11.2 Å². The Morgan fingerprint density at radius 3 is 3.11 bits per heavy atom. The maximum atomic E-state index is 11.5. The predicted octanol–water partition coefficient (Wildman–Crippen LogP) is -1.59. The number of nitrogens with one attached hydrogen (secondary N) is 1. The maximum absolute atomic E-state index is 11.5. The molecule has 1 fully saturated rings. The molecule has 0 bridgehead atoms. The zero-order valence-electron chi connectivity index (χ0n) is 9.35.